The second-order valence-electron chi connectivity index (χ2n) is 5.04. The fourth-order valence-electron chi connectivity index (χ4n) is 2.37. The third kappa shape index (κ3) is 2.93. The summed E-state index contributed by atoms with van der Waals surface area (Å²) in [6.45, 7) is 2.00. The Balaban J connectivity index is 2.09. The first-order chi connectivity index (χ1) is 11.6. The number of hydrogen-bond donors (Lipinski definition) is 2. The summed E-state index contributed by atoms with van der Waals surface area (Å²) < 4.78 is 16.7. The smallest absolute Gasteiger partial charge is 0.338 e. The number of nitrogens with two attached hydrogens (primary N) is 1. The number of carbonyl (C=O) groups is 1. The summed E-state index contributed by atoms with van der Waals surface area (Å²) in [4.78, 5) is 19.8. The second-order valence-corrected chi connectivity index (χ2v) is 5.61. The molecular formula is C17H15N3O3S. The molecule has 0 unspecified atom stereocenters. The summed E-state index contributed by atoms with van der Waals surface area (Å²) in [6.07, 6.45) is 0. The lowest BCUT2D eigenvalue weighted by Gasteiger charge is -2.08. The van der Waals surface area contributed by atoms with Gasteiger partial charge in [0.2, 0.25) is 0 Å². The van der Waals surface area contributed by atoms with Crippen molar-refractivity contribution in [3.05, 3.63) is 59.4 Å². The lowest BCUT2D eigenvalue weighted by Crippen LogP contribution is -2.12. The van der Waals surface area contributed by atoms with E-state index in [1.165, 1.54) is 0 Å². The van der Waals surface area contributed by atoms with Gasteiger partial charge in [0.05, 0.1) is 23.2 Å². The van der Waals surface area contributed by atoms with Gasteiger partial charge in [0, 0.05) is 11.3 Å². The average molecular weight is 341 g/mol. The topological polar surface area (TPSA) is 98.1 Å². The first-order valence-corrected chi connectivity index (χ1v) is 8.07. The third-order valence-electron chi connectivity index (χ3n) is 3.50. The van der Waals surface area contributed by atoms with E-state index in [1.807, 2.05) is 24.3 Å². The number of anilines is 1. The first kappa shape index (κ1) is 15.9. The quantitative estimate of drug-likeness (QED) is 0.328. The summed E-state index contributed by atoms with van der Waals surface area (Å²) in [5, 5.41) is 0. The van der Waals surface area contributed by atoms with Crippen LogP contribution in [0.15, 0.2) is 42.5 Å². The molecule has 7 heteroatoms. The number of aromatic nitrogens is 2. The number of H-pyrrole nitrogens is 1. The minimum absolute atomic E-state index is 0.273. The van der Waals surface area contributed by atoms with Crippen LogP contribution in [-0.2, 0) is 16.0 Å². The summed E-state index contributed by atoms with van der Waals surface area (Å²) in [6, 6.07) is 12.2. The maximum atomic E-state index is 11.9. The van der Waals surface area contributed by atoms with Crippen LogP contribution in [-0.4, -0.2) is 31.6 Å². The average Bonchev–Trinajstić information content (AvgIpc) is 3.01. The maximum absolute atomic E-state index is 11.9. The molecular weight excluding hydrogens is 326 g/mol. The van der Waals surface area contributed by atoms with Gasteiger partial charge in [-0.1, -0.05) is 12.1 Å². The van der Waals surface area contributed by atoms with Crippen LogP contribution in [0.5, 0.6) is 0 Å². The van der Waals surface area contributed by atoms with Crippen molar-refractivity contribution in [2.45, 2.75) is 6.92 Å². The molecule has 2 aromatic carbocycles. The van der Waals surface area contributed by atoms with Crippen LogP contribution in [0.4, 0.5) is 5.69 Å². The highest BCUT2D eigenvalue weighted by atomic mass is 32.1. The lowest BCUT2D eigenvalue weighted by atomic mass is 10.1. The van der Waals surface area contributed by atoms with Gasteiger partial charge in [0.25, 0.3) is 0 Å². The van der Waals surface area contributed by atoms with Crippen LogP contribution in [0, 0.1) is 0 Å². The van der Waals surface area contributed by atoms with Crippen molar-refractivity contribution in [3.63, 3.8) is 0 Å². The van der Waals surface area contributed by atoms with Crippen molar-refractivity contribution >= 4 is 38.8 Å². The minimum atomic E-state index is -0.460. The molecule has 122 valence electrons. The van der Waals surface area contributed by atoms with E-state index in [-0.39, 0.29) is 17.9 Å². The number of nitrogen functional groups attached to an aromatic ring is 1. The van der Waals surface area contributed by atoms with Crippen molar-refractivity contribution in [1.29, 1.82) is 0 Å². The van der Waals surface area contributed by atoms with Crippen LogP contribution in [0.3, 0.4) is 0 Å². The number of esters is 1. The van der Waals surface area contributed by atoms with Gasteiger partial charge in [0.1, 0.15) is 16.1 Å². The van der Waals surface area contributed by atoms with Crippen molar-refractivity contribution < 1.29 is 13.7 Å². The fraction of sp³-hybridized carbons (Fsp3) is 0.118. The molecule has 0 bridgehead atoms. The highest BCUT2D eigenvalue weighted by Gasteiger charge is 2.17. The van der Waals surface area contributed by atoms with Gasteiger partial charge in [-0.2, -0.15) is 0 Å². The molecule has 0 fully saturated rings. The van der Waals surface area contributed by atoms with Crippen LogP contribution in [0.25, 0.3) is 11.0 Å². The number of rotatable bonds is 4. The van der Waals surface area contributed by atoms with E-state index >= 15 is 0 Å². The molecule has 0 aliphatic heterocycles. The summed E-state index contributed by atoms with van der Waals surface area (Å²) in [5.74, 6) is -0.0393. The van der Waals surface area contributed by atoms with Gasteiger partial charge in [-0.15, -0.1) is 0 Å². The molecule has 0 spiro atoms. The van der Waals surface area contributed by atoms with Crippen LogP contribution in [0.2, 0.25) is 0 Å². The van der Waals surface area contributed by atoms with Crippen molar-refractivity contribution in [2.75, 3.05) is 12.3 Å². The van der Waals surface area contributed by atoms with Gasteiger partial charge in [-0.05, 0) is 37.3 Å². The molecule has 3 rings (SSSR count). The number of ether oxygens (including phenoxy) is 1. The van der Waals surface area contributed by atoms with Gasteiger partial charge in [-0.25, -0.2) is 14.0 Å². The van der Waals surface area contributed by atoms with E-state index < -0.39 is 5.97 Å². The molecule has 0 aliphatic carbocycles. The number of aromatic amines is 1. The number of hydrogen-bond acceptors (Lipinski definition) is 5. The van der Waals surface area contributed by atoms with Crippen molar-refractivity contribution in [2.24, 2.45) is 0 Å². The Morgan fingerprint density at radius 1 is 1.29 bits per heavy atom. The molecule has 0 saturated heterocycles. The van der Waals surface area contributed by atoms with Gasteiger partial charge in [-0.3, -0.25) is 0 Å². The summed E-state index contributed by atoms with van der Waals surface area (Å²) >= 11 is 0.280. The van der Waals surface area contributed by atoms with Gasteiger partial charge >= 0.3 is 5.97 Å². The molecule has 0 radical (unpaired) electrons. The molecule has 0 saturated carbocycles. The Hall–Kier alpha value is -2.93. The Kier molecular flexibility index (Phi) is 4.43. The maximum Gasteiger partial charge on any atom is 0.338 e. The van der Waals surface area contributed by atoms with Crippen molar-refractivity contribution in [1.82, 2.24) is 9.97 Å². The molecule has 24 heavy (non-hydrogen) atoms. The van der Waals surface area contributed by atoms with Crippen molar-refractivity contribution in [3.8, 4) is 0 Å². The molecule has 1 aromatic heterocycles. The van der Waals surface area contributed by atoms with E-state index in [9.17, 15) is 9.00 Å². The number of nitrogens with zero attached hydrogens (tertiary/aromatic N) is 1. The monoisotopic (exact) mass is 341 g/mol. The SMILES string of the molecule is CCOC(=O)c1ccc(N)c(C(=S=O)c2nc3ccccc3[nH]2)c1. The van der Waals surface area contributed by atoms with E-state index in [4.69, 9.17) is 10.5 Å². The molecule has 3 aromatic rings. The standard InChI is InChI=1S/C17H15N3O3S/c1-2-23-17(21)10-7-8-12(18)11(9-10)15(24-22)16-19-13-5-3-4-6-14(13)20-16/h3-9H,2,18H2,1H3,(H,19,20). The number of benzene rings is 2. The molecule has 6 nitrogen and oxygen atoms in total. The highest BCUT2D eigenvalue weighted by Crippen LogP contribution is 2.20. The zero-order valence-electron chi connectivity index (χ0n) is 12.9. The Labute approximate surface area is 141 Å². The predicted octanol–water partition coefficient (Wildman–Crippen LogP) is 2.10. The predicted molar refractivity (Wildman–Crippen MR) is 94.3 cm³/mol. The van der Waals surface area contributed by atoms with E-state index in [0.29, 0.717) is 27.5 Å². The fourth-order valence-corrected chi connectivity index (χ4v) is 2.81. The lowest BCUT2D eigenvalue weighted by molar-refractivity contribution is 0.0526. The summed E-state index contributed by atoms with van der Waals surface area (Å²) in [5.41, 5.74) is 8.76. The molecule has 3 N–H and O–H groups in total. The number of imidazole rings is 1. The number of fused-ring (bicyclic) bond motifs is 1. The largest absolute Gasteiger partial charge is 0.462 e. The van der Waals surface area contributed by atoms with Gasteiger partial charge < -0.3 is 15.5 Å². The van der Waals surface area contributed by atoms with E-state index in [0.717, 1.165) is 11.0 Å². The zero-order valence-corrected chi connectivity index (χ0v) is 13.7. The third-order valence-corrected chi connectivity index (χ3v) is 4.08. The van der Waals surface area contributed by atoms with E-state index in [1.54, 1.807) is 25.1 Å². The molecule has 0 amide bonds. The number of carbonyl (C=O) groups excluding carboxylic acids is 1. The number of para-hydroxylation sites is 2. The minimum Gasteiger partial charge on any atom is -0.462 e. The molecule has 1 heterocycles. The number of nitrogens with one attached hydrogen (secondary N) is 1. The Morgan fingerprint density at radius 3 is 2.79 bits per heavy atom. The Morgan fingerprint density at radius 2 is 2.08 bits per heavy atom. The first-order valence-electron chi connectivity index (χ1n) is 7.33. The van der Waals surface area contributed by atoms with Crippen LogP contribution in [0.1, 0.15) is 28.7 Å². The van der Waals surface area contributed by atoms with E-state index in [2.05, 4.69) is 9.97 Å². The van der Waals surface area contributed by atoms with Crippen LogP contribution >= 0.6 is 0 Å². The summed E-state index contributed by atoms with van der Waals surface area (Å²) in [7, 11) is 0. The van der Waals surface area contributed by atoms with Crippen LogP contribution < -0.4 is 5.73 Å². The Bertz CT molecular complexity index is 941. The second kappa shape index (κ2) is 6.67. The molecule has 0 aliphatic rings. The highest BCUT2D eigenvalue weighted by molar-refractivity contribution is 7.67. The molecule has 0 atom stereocenters. The zero-order chi connectivity index (χ0) is 17.1. The normalized spacial score (nSPS) is 10.5. The van der Waals surface area contributed by atoms with Gasteiger partial charge in [0.15, 0.2) is 5.82 Å².